The molecule has 4 aromatic rings. The number of fused-ring (bicyclic) bond motifs is 2. The van der Waals surface area contributed by atoms with Crippen molar-refractivity contribution in [1.29, 1.82) is 0 Å². The van der Waals surface area contributed by atoms with Gasteiger partial charge < -0.3 is 14.3 Å². The number of methoxy groups -OCH3 is 1. The Morgan fingerprint density at radius 3 is 2.95 bits per heavy atom. The normalized spacial score (nSPS) is 11.5. The van der Waals surface area contributed by atoms with E-state index in [1.54, 1.807) is 41.2 Å². The lowest BCUT2D eigenvalue weighted by Crippen LogP contribution is -1.83. The molecule has 4 rings (SSSR count). The molecule has 1 N–H and O–H groups in total. The quantitative estimate of drug-likeness (QED) is 0.626. The zero-order valence-electron chi connectivity index (χ0n) is 12.0. The van der Waals surface area contributed by atoms with Crippen LogP contribution in [0.3, 0.4) is 0 Å². The first-order valence-corrected chi connectivity index (χ1v) is 7.65. The molecule has 22 heavy (non-hydrogen) atoms. The molecule has 0 radical (unpaired) electrons. The first-order chi connectivity index (χ1) is 10.7. The number of ether oxygens (including phenoxy) is 1. The van der Waals surface area contributed by atoms with E-state index in [1.165, 1.54) is 0 Å². The molecule has 0 aliphatic carbocycles. The lowest BCUT2D eigenvalue weighted by atomic mass is 10.2. The van der Waals surface area contributed by atoms with Gasteiger partial charge in [-0.05, 0) is 12.5 Å². The summed E-state index contributed by atoms with van der Waals surface area (Å²) >= 11 is 1.56. The smallest absolute Gasteiger partial charge is 0.212 e. The summed E-state index contributed by atoms with van der Waals surface area (Å²) < 4.78 is 12.7. The van der Waals surface area contributed by atoms with E-state index in [-0.39, 0.29) is 5.75 Å². The lowest BCUT2D eigenvalue weighted by Gasteiger charge is -1.99. The second-order valence-electron chi connectivity index (χ2n) is 4.87. The van der Waals surface area contributed by atoms with Crippen molar-refractivity contribution in [3.8, 4) is 23.0 Å². The number of benzene rings is 1. The molecule has 0 amide bonds. The van der Waals surface area contributed by atoms with Crippen LogP contribution in [-0.4, -0.2) is 26.8 Å². The van der Waals surface area contributed by atoms with E-state index in [0.29, 0.717) is 28.2 Å². The summed E-state index contributed by atoms with van der Waals surface area (Å²) in [5.41, 5.74) is 1.25. The van der Waals surface area contributed by atoms with Crippen molar-refractivity contribution in [2.45, 2.75) is 13.3 Å². The average Bonchev–Trinajstić information content (AvgIpc) is 3.18. The van der Waals surface area contributed by atoms with Crippen molar-refractivity contribution < 1.29 is 14.3 Å². The first kappa shape index (κ1) is 13.1. The summed E-state index contributed by atoms with van der Waals surface area (Å²) in [6, 6.07) is 5.07. The number of nitrogens with zero attached hydrogens (tertiary/aromatic N) is 3. The van der Waals surface area contributed by atoms with E-state index in [0.717, 1.165) is 16.4 Å². The fourth-order valence-corrected chi connectivity index (χ4v) is 3.16. The molecule has 0 aliphatic heterocycles. The maximum absolute atomic E-state index is 10.0. The number of aromatic nitrogens is 3. The minimum absolute atomic E-state index is 0.122. The molecular weight excluding hydrogens is 302 g/mol. The zero-order chi connectivity index (χ0) is 15.3. The summed E-state index contributed by atoms with van der Waals surface area (Å²) in [5, 5.41) is 16.1. The van der Waals surface area contributed by atoms with Gasteiger partial charge in [0.25, 0.3) is 0 Å². The van der Waals surface area contributed by atoms with E-state index in [9.17, 15) is 5.11 Å². The number of hydrogen-bond donors (Lipinski definition) is 1. The molecule has 0 saturated carbocycles. The van der Waals surface area contributed by atoms with Gasteiger partial charge in [0.15, 0.2) is 5.76 Å². The number of phenols is 1. The van der Waals surface area contributed by atoms with Crippen molar-refractivity contribution in [1.82, 2.24) is 14.6 Å². The van der Waals surface area contributed by atoms with E-state index in [1.807, 2.05) is 6.20 Å². The van der Waals surface area contributed by atoms with Crippen LogP contribution in [0.5, 0.6) is 11.5 Å². The SMILES string of the molecule is CCc1nn2cc(-c3cc4c(O)cc(OC)cc4o3)nc2s1. The predicted molar refractivity (Wildman–Crippen MR) is 83.7 cm³/mol. The van der Waals surface area contributed by atoms with Gasteiger partial charge in [0.1, 0.15) is 27.8 Å². The third-order valence-electron chi connectivity index (χ3n) is 3.46. The molecule has 7 heteroatoms. The maximum atomic E-state index is 10.0. The number of furan rings is 1. The third kappa shape index (κ3) is 1.93. The molecule has 3 aromatic heterocycles. The van der Waals surface area contributed by atoms with Gasteiger partial charge >= 0.3 is 0 Å². The molecule has 1 aromatic carbocycles. The van der Waals surface area contributed by atoms with Crippen LogP contribution in [-0.2, 0) is 6.42 Å². The summed E-state index contributed by atoms with van der Waals surface area (Å²) in [5.74, 6) is 1.26. The minimum atomic E-state index is 0.122. The Balaban J connectivity index is 1.84. The van der Waals surface area contributed by atoms with E-state index < -0.39 is 0 Å². The number of rotatable bonds is 3. The molecule has 0 aliphatic rings. The molecule has 0 bridgehead atoms. The Bertz CT molecular complexity index is 951. The second-order valence-corrected chi connectivity index (χ2v) is 5.91. The number of hydrogen-bond acceptors (Lipinski definition) is 6. The Morgan fingerprint density at radius 1 is 1.36 bits per heavy atom. The van der Waals surface area contributed by atoms with Crippen LogP contribution in [0.4, 0.5) is 0 Å². The van der Waals surface area contributed by atoms with Crippen LogP contribution in [0.2, 0.25) is 0 Å². The van der Waals surface area contributed by atoms with Gasteiger partial charge in [-0.2, -0.15) is 5.10 Å². The highest BCUT2D eigenvalue weighted by Crippen LogP contribution is 2.36. The molecule has 0 atom stereocenters. The van der Waals surface area contributed by atoms with Crippen LogP contribution in [0.1, 0.15) is 11.9 Å². The molecule has 112 valence electrons. The van der Waals surface area contributed by atoms with Crippen molar-refractivity contribution in [3.05, 3.63) is 29.4 Å². The average molecular weight is 315 g/mol. The zero-order valence-corrected chi connectivity index (χ0v) is 12.8. The Labute approximate surface area is 129 Å². The highest BCUT2D eigenvalue weighted by Gasteiger charge is 2.15. The van der Waals surface area contributed by atoms with Crippen LogP contribution < -0.4 is 4.74 Å². The summed E-state index contributed by atoms with van der Waals surface area (Å²) in [6.07, 6.45) is 2.72. The van der Waals surface area contributed by atoms with Crippen LogP contribution >= 0.6 is 11.3 Å². The molecule has 0 unspecified atom stereocenters. The van der Waals surface area contributed by atoms with Crippen molar-refractivity contribution in [2.24, 2.45) is 0 Å². The van der Waals surface area contributed by atoms with Gasteiger partial charge in [-0.15, -0.1) is 0 Å². The van der Waals surface area contributed by atoms with Crippen molar-refractivity contribution in [2.75, 3.05) is 7.11 Å². The highest BCUT2D eigenvalue weighted by molar-refractivity contribution is 7.16. The second kappa shape index (κ2) is 4.74. The summed E-state index contributed by atoms with van der Waals surface area (Å²) in [7, 11) is 1.55. The van der Waals surface area contributed by atoms with Gasteiger partial charge in [-0.25, -0.2) is 9.50 Å². The lowest BCUT2D eigenvalue weighted by molar-refractivity contribution is 0.408. The van der Waals surface area contributed by atoms with Crippen LogP contribution in [0.15, 0.2) is 28.8 Å². The van der Waals surface area contributed by atoms with Crippen LogP contribution in [0.25, 0.3) is 27.4 Å². The molecule has 0 spiro atoms. The van der Waals surface area contributed by atoms with Gasteiger partial charge in [0.2, 0.25) is 4.96 Å². The topological polar surface area (TPSA) is 72.8 Å². The fraction of sp³-hybridized carbons (Fsp3) is 0.200. The number of phenolic OH excluding ortho intramolecular Hbond substituents is 1. The largest absolute Gasteiger partial charge is 0.507 e. The number of aromatic hydroxyl groups is 1. The van der Waals surface area contributed by atoms with Gasteiger partial charge in [0.05, 0.1) is 18.7 Å². The van der Waals surface area contributed by atoms with Crippen molar-refractivity contribution >= 4 is 27.3 Å². The summed E-state index contributed by atoms with van der Waals surface area (Å²) in [6.45, 7) is 2.06. The predicted octanol–water partition coefficient (Wildman–Crippen LogP) is 3.48. The number of imidazole rings is 1. The van der Waals surface area contributed by atoms with Gasteiger partial charge in [-0.3, -0.25) is 0 Å². The fourth-order valence-electron chi connectivity index (χ4n) is 2.34. The molecule has 0 fully saturated rings. The van der Waals surface area contributed by atoms with Crippen LogP contribution in [0, 0.1) is 0 Å². The first-order valence-electron chi connectivity index (χ1n) is 6.84. The standard InChI is InChI=1S/C15H13N3O3S/c1-3-14-17-18-7-10(16-15(18)22-14)13-6-9-11(19)4-8(20-2)5-12(9)21-13/h4-7,19H,3H2,1-2H3. The molecule has 0 saturated heterocycles. The van der Waals surface area contributed by atoms with E-state index in [4.69, 9.17) is 9.15 Å². The minimum Gasteiger partial charge on any atom is -0.507 e. The van der Waals surface area contributed by atoms with Gasteiger partial charge in [0, 0.05) is 12.1 Å². The monoisotopic (exact) mass is 315 g/mol. The van der Waals surface area contributed by atoms with Gasteiger partial charge in [-0.1, -0.05) is 18.3 Å². The Hall–Kier alpha value is -2.54. The van der Waals surface area contributed by atoms with Crippen molar-refractivity contribution in [3.63, 3.8) is 0 Å². The summed E-state index contributed by atoms with van der Waals surface area (Å²) in [4.78, 5) is 5.36. The molecule has 6 nitrogen and oxygen atoms in total. The Kier molecular flexibility index (Phi) is 2.83. The van der Waals surface area contributed by atoms with E-state index >= 15 is 0 Å². The highest BCUT2D eigenvalue weighted by atomic mass is 32.1. The number of aryl methyl sites for hydroxylation is 1. The maximum Gasteiger partial charge on any atom is 0.212 e. The van der Waals surface area contributed by atoms with E-state index in [2.05, 4.69) is 17.0 Å². The molecule has 3 heterocycles. The molecular formula is C15H13N3O3S. The Morgan fingerprint density at radius 2 is 2.23 bits per heavy atom. The third-order valence-corrected chi connectivity index (χ3v) is 4.53.